The minimum atomic E-state index is -1.09. The maximum Gasteiger partial charge on any atom is 0.358 e. The first kappa shape index (κ1) is 14.0. The molecule has 7 heteroatoms. The molecule has 20 heavy (non-hydrogen) atoms. The fourth-order valence-corrected chi connectivity index (χ4v) is 1.83. The van der Waals surface area contributed by atoms with Gasteiger partial charge in [0.1, 0.15) is 12.4 Å². The monoisotopic (exact) mass is 276 g/mol. The van der Waals surface area contributed by atoms with Gasteiger partial charge in [0.2, 0.25) is 0 Å². The maximum absolute atomic E-state index is 11.0. The lowest BCUT2D eigenvalue weighted by atomic mass is 10.2. The van der Waals surface area contributed by atoms with Crippen LogP contribution in [0.1, 0.15) is 16.2 Å². The van der Waals surface area contributed by atoms with E-state index in [0.29, 0.717) is 31.8 Å². The molecule has 1 aromatic heterocycles. The number of aromatic carboxylic acids is 1. The van der Waals surface area contributed by atoms with Crippen molar-refractivity contribution in [1.29, 1.82) is 0 Å². The number of carboxylic acids is 1. The van der Waals surface area contributed by atoms with E-state index in [1.165, 1.54) is 4.68 Å². The van der Waals surface area contributed by atoms with Crippen molar-refractivity contribution >= 4 is 5.97 Å². The van der Waals surface area contributed by atoms with Gasteiger partial charge in [0.25, 0.3) is 0 Å². The van der Waals surface area contributed by atoms with Crippen LogP contribution in [-0.4, -0.2) is 39.2 Å². The highest BCUT2D eigenvalue weighted by Crippen LogP contribution is 2.09. The smallest absolute Gasteiger partial charge is 0.358 e. The van der Waals surface area contributed by atoms with E-state index in [-0.39, 0.29) is 5.69 Å². The van der Waals surface area contributed by atoms with E-state index in [2.05, 4.69) is 10.3 Å². The summed E-state index contributed by atoms with van der Waals surface area (Å²) in [6.45, 7) is 1.14. The van der Waals surface area contributed by atoms with Crippen LogP contribution >= 0.6 is 0 Å². The molecule has 0 spiro atoms. The Kier molecular flexibility index (Phi) is 4.67. The molecule has 0 fully saturated rings. The fourth-order valence-electron chi connectivity index (χ4n) is 1.83. The van der Waals surface area contributed by atoms with Crippen molar-refractivity contribution in [2.24, 2.45) is 5.73 Å². The molecule has 7 nitrogen and oxygen atoms in total. The Morgan fingerprint density at radius 2 is 2.10 bits per heavy atom. The Hall–Kier alpha value is -2.41. The van der Waals surface area contributed by atoms with Gasteiger partial charge in [-0.05, 0) is 18.7 Å². The highest BCUT2D eigenvalue weighted by molar-refractivity contribution is 5.86. The van der Waals surface area contributed by atoms with Gasteiger partial charge >= 0.3 is 5.97 Å². The molecule has 0 aliphatic rings. The first-order valence-corrected chi connectivity index (χ1v) is 6.26. The molecule has 0 aliphatic heterocycles. The van der Waals surface area contributed by atoms with Crippen molar-refractivity contribution in [3.63, 3.8) is 0 Å². The average Bonchev–Trinajstić information content (AvgIpc) is 2.84. The number of carbonyl (C=O) groups is 1. The predicted octanol–water partition coefficient (Wildman–Crippen LogP) is 0.556. The second-order valence-corrected chi connectivity index (χ2v) is 4.11. The molecule has 0 atom stereocenters. The second kappa shape index (κ2) is 6.67. The Labute approximate surface area is 116 Å². The lowest BCUT2D eigenvalue weighted by Gasteiger charge is -2.08. The van der Waals surface area contributed by atoms with E-state index in [4.69, 9.17) is 15.6 Å². The van der Waals surface area contributed by atoms with Gasteiger partial charge in [0.15, 0.2) is 5.69 Å². The van der Waals surface area contributed by atoms with Crippen LogP contribution in [0, 0.1) is 0 Å². The first-order chi connectivity index (χ1) is 9.72. The number of carboxylic acid groups (broad SMARTS) is 1. The SMILES string of the molecule is NCCc1c(C(=O)O)nnn1CCOc1ccccc1. The third-order valence-electron chi connectivity index (χ3n) is 2.74. The number of hydrogen-bond acceptors (Lipinski definition) is 5. The molecule has 2 rings (SSSR count). The Bertz CT molecular complexity index is 568. The predicted molar refractivity (Wildman–Crippen MR) is 71.7 cm³/mol. The lowest BCUT2D eigenvalue weighted by molar-refractivity contribution is 0.0689. The number of hydrogen-bond donors (Lipinski definition) is 2. The number of rotatable bonds is 7. The summed E-state index contributed by atoms with van der Waals surface area (Å²) in [6, 6.07) is 9.37. The highest BCUT2D eigenvalue weighted by atomic mass is 16.5. The molecule has 0 bridgehead atoms. The largest absolute Gasteiger partial charge is 0.492 e. The number of para-hydroxylation sites is 1. The minimum absolute atomic E-state index is 0.0461. The summed E-state index contributed by atoms with van der Waals surface area (Å²) in [5.74, 6) is -0.338. The van der Waals surface area contributed by atoms with Crippen molar-refractivity contribution < 1.29 is 14.6 Å². The van der Waals surface area contributed by atoms with Crippen LogP contribution in [0.25, 0.3) is 0 Å². The van der Waals surface area contributed by atoms with Crippen LogP contribution < -0.4 is 10.5 Å². The summed E-state index contributed by atoms with van der Waals surface area (Å²) in [6.07, 6.45) is 0.417. The molecule has 0 saturated carbocycles. The van der Waals surface area contributed by atoms with Gasteiger partial charge in [-0.3, -0.25) is 0 Å². The summed E-state index contributed by atoms with van der Waals surface area (Å²) >= 11 is 0. The number of benzene rings is 1. The summed E-state index contributed by atoms with van der Waals surface area (Å²) in [4.78, 5) is 11.0. The number of ether oxygens (including phenoxy) is 1. The van der Waals surface area contributed by atoms with E-state index in [1.807, 2.05) is 30.3 Å². The molecule has 3 N–H and O–H groups in total. The van der Waals surface area contributed by atoms with Crippen LogP contribution in [0.5, 0.6) is 5.75 Å². The zero-order valence-corrected chi connectivity index (χ0v) is 10.9. The van der Waals surface area contributed by atoms with Gasteiger partial charge in [-0.1, -0.05) is 23.4 Å². The average molecular weight is 276 g/mol. The summed E-state index contributed by atoms with van der Waals surface area (Å²) in [5.41, 5.74) is 5.96. The third kappa shape index (κ3) is 3.33. The van der Waals surface area contributed by atoms with Crippen LogP contribution in [0.15, 0.2) is 30.3 Å². The zero-order valence-electron chi connectivity index (χ0n) is 10.9. The van der Waals surface area contributed by atoms with Gasteiger partial charge in [-0.15, -0.1) is 5.10 Å². The molecular weight excluding hydrogens is 260 g/mol. The van der Waals surface area contributed by atoms with E-state index in [1.54, 1.807) is 0 Å². The van der Waals surface area contributed by atoms with E-state index in [9.17, 15) is 4.79 Å². The standard InChI is InChI=1S/C13H16N4O3/c14-7-6-11-12(13(18)19)15-16-17(11)8-9-20-10-4-2-1-3-5-10/h1-5H,6-9,14H2,(H,18,19). The van der Waals surface area contributed by atoms with E-state index < -0.39 is 5.97 Å². The van der Waals surface area contributed by atoms with Gasteiger partial charge < -0.3 is 15.6 Å². The van der Waals surface area contributed by atoms with Crippen LogP contribution in [-0.2, 0) is 13.0 Å². The third-order valence-corrected chi connectivity index (χ3v) is 2.74. The van der Waals surface area contributed by atoms with Crippen LogP contribution in [0.2, 0.25) is 0 Å². The maximum atomic E-state index is 11.0. The van der Waals surface area contributed by atoms with Crippen LogP contribution in [0.3, 0.4) is 0 Å². The lowest BCUT2D eigenvalue weighted by Crippen LogP contribution is -2.16. The Morgan fingerprint density at radius 1 is 1.35 bits per heavy atom. The molecule has 0 unspecified atom stereocenters. The summed E-state index contributed by atoms with van der Waals surface area (Å²) in [5, 5.41) is 16.5. The number of nitrogens with zero attached hydrogens (tertiary/aromatic N) is 3. The quantitative estimate of drug-likeness (QED) is 0.765. The van der Waals surface area contributed by atoms with Gasteiger partial charge in [0, 0.05) is 6.42 Å². The minimum Gasteiger partial charge on any atom is -0.492 e. The van der Waals surface area contributed by atoms with Gasteiger partial charge in [0.05, 0.1) is 12.2 Å². The van der Waals surface area contributed by atoms with Crippen molar-refractivity contribution in [3.05, 3.63) is 41.7 Å². The fraction of sp³-hybridized carbons (Fsp3) is 0.308. The first-order valence-electron chi connectivity index (χ1n) is 6.26. The highest BCUT2D eigenvalue weighted by Gasteiger charge is 2.17. The molecule has 1 aromatic carbocycles. The zero-order chi connectivity index (χ0) is 14.4. The molecule has 1 heterocycles. The number of aromatic nitrogens is 3. The summed E-state index contributed by atoms with van der Waals surface area (Å²) in [7, 11) is 0. The Balaban J connectivity index is 2.00. The molecule has 106 valence electrons. The van der Waals surface area contributed by atoms with E-state index >= 15 is 0 Å². The van der Waals surface area contributed by atoms with Gasteiger partial charge in [-0.2, -0.15) is 0 Å². The van der Waals surface area contributed by atoms with Crippen LogP contribution in [0.4, 0.5) is 0 Å². The van der Waals surface area contributed by atoms with Crippen molar-refractivity contribution in [2.75, 3.05) is 13.2 Å². The Morgan fingerprint density at radius 3 is 2.75 bits per heavy atom. The second-order valence-electron chi connectivity index (χ2n) is 4.11. The van der Waals surface area contributed by atoms with Crippen molar-refractivity contribution in [1.82, 2.24) is 15.0 Å². The molecule has 0 aliphatic carbocycles. The number of nitrogens with two attached hydrogens (primary N) is 1. The summed E-state index contributed by atoms with van der Waals surface area (Å²) < 4.78 is 7.07. The molecular formula is C13H16N4O3. The topological polar surface area (TPSA) is 103 Å². The molecule has 2 aromatic rings. The molecule has 0 amide bonds. The van der Waals surface area contributed by atoms with Crippen molar-refractivity contribution in [2.45, 2.75) is 13.0 Å². The molecule has 0 saturated heterocycles. The molecule has 0 radical (unpaired) electrons. The van der Waals surface area contributed by atoms with E-state index in [0.717, 1.165) is 5.75 Å². The van der Waals surface area contributed by atoms with Gasteiger partial charge in [-0.25, -0.2) is 9.48 Å². The van der Waals surface area contributed by atoms with Crippen molar-refractivity contribution in [3.8, 4) is 5.75 Å². The normalized spacial score (nSPS) is 10.4.